The Morgan fingerprint density at radius 3 is 1.26 bits per heavy atom. The second-order valence-corrected chi connectivity index (χ2v) is 7.35. The summed E-state index contributed by atoms with van der Waals surface area (Å²) < 4.78 is 10.7. The van der Waals surface area contributed by atoms with Crippen LogP contribution >= 0.6 is 0 Å². The van der Waals surface area contributed by atoms with E-state index in [0.29, 0.717) is 24.3 Å². The monoisotopic (exact) mass is 462 g/mol. The van der Waals surface area contributed by atoms with Gasteiger partial charge in [0.15, 0.2) is 0 Å². The summed E-state index contributed by atoms with van der Waals surface area (Å²) >= 11 is 0. The second kappa shape index (κ2) is 25.8. The molecule has 0 aromatic heterocycles. The maximum absolute atomic E-state index is 12.4. The molecule has 1 aromatic rings. The number of carbonyl (C=O) groups is 2. The van der Waals surface area contributed by atoms with Crippen LogP contribution in [0.1, 0.15) is 112 Å². The minimum atomic E-state index is -0.444. The molecule has 0 N–H and O–H groups in total. The van der Waals surface area contributed by atoms with E-state index in [-0.39, 0.29) is 88.7 Å². The molecule has 0 spiro atoms. The van der Waals surface area contributed by atoms with Gasteiger partial charge in [-0.1, -0.05) is 90.2 Å². The Balaban J connectivity index is -0.00000261. The summed E-state index contributed by atoms with van der Waals surface area (Å²) in [5.41, 5.74) is 0.586. The first-order chi connectivity index (χ1) is 13.7. The van der Waals surface area contributed by atoms with Crippen LogP contribution in [-0.2, 0) is 9.47 Å². The molecule has 0 heterocycles. The van der Waals surface area contributed by atoms with Crippen molar-refractivity contribution in [2.75, 3.05) is 13.2 Å². The maximum atomic E-state index is 12.4. The topological polar surface area (TPSA) is 52.6 Å². The molecule has 164 valence electrons. The summed E-state index contributed by atoms with van der Waals surface area (Å²) in [4.78, 5) is 24.7. The number of unbranched alkanes of at least 4 members (excludes halogenated alkanes) is 10. The van der Waals surface area contributed by atoms with Gasteiger partial charge in [0.05, 0.1) is 24.3 Å². The van der Waals surface area contributed by atoms with Gasteiger partial charge < -0.3 is 9.47 Å². The molecule has 0 unspecified atom stereocenters. The van der Waals surface area contributed by atoms with Gasteiger partial charge in [-0.25, -0.2) is 9.59 Å². The van der Waals surface area contributed by atoms with Crippen molar-refractivity contribution in [1.82, 2.24) is 0 Å². The molecule has 0 saturated heterocycles. The Bertz CT molecular complexity index is 519. The first kappa shape index (κ1) is 36.7. The Morgan fingerprint density at radius 1 is 0.581 bits per heavy atom. The molecule has 0 saturated carbocycles. The third kappa shape index (κ3) is 18.2. The van der Waals surface area contributed by atoms with Crippen molar-refractivity contribution in [3.05, 3.63) is 35.4 Å². The van der Waals surface area contributed by atoms with E-state index in [1.165, 1.54) is 51.4 Å². The van der Waals surface area contributed by atoms with Gasteiger partial charge in [-0.05, 0) is 25.0 Å². The Kier molecular flexibility index (Phi) is 30.5. The number of hydrogen-bond acceptors (Lipinski definition) is 4. The first-order valence-electron chi connectivity index (χ1n) is 11.1. The van der Waals surface area contributed by atoms with E-state index in [1.54, 1.807) is 24.3 Å². The molecule has 0 amide bonds. The van der Waals surface area contributed by atoms with Gasteiger partial charge in [0, 0.05) is 0 Å². The predicted molar refractivity (Wildman–Crippen MR) is 135 cm³/mol. The molecule has 0 bridgehead atoms. The number of carbonyl (C=O) groups excluding carboxylic acids is 2. The zero-order chi connectivity index (χ0) is 20.5. The fourth-order valence-corrected chi connectivity index (χ4v) is 3.09. The number of ether oxygens (including phenoxy) is 2. The van der Waals surface area contributed by atoms with Crippen LogP contribution in [0.3, 0.4) is 0 Å². The molecule has 0 atom stereocenters. The summed E-state index contributed by atoms with van der Waals surface area (Å²) in [6.45, 7) is 5.17. The Hall–Kier alpha value is 1.16. The number of rotatable bonds is 16. The summed E-state index contributed by atoms with van der Waals surface area (Å²) in [5.74, 6) is -0.888. The van der Waals surface area contributed by atoms with Crippen molar-refractivity contribution in [3.63, 3.8) is 0 Å². The molecular weight excluding hydrogens is 421 g/mol. The SMILES string of the molecule is CCCCCCCCOC(=O)c1ccccc1C(=O)OCCCCCCCC.[NaH].[NaH].[NaH]. The van der Waals surface area contributed by atoms with E-state index >= 15 is 0 Å². The van der Waals surface area contributed by atoms with Crippen molar-refractivity contribution in [1.29, 1.82) is 0 Å². The van der Waals surface area contributed by atoms with Crippen LogP contribution < -0.4 is 0 Å². The average Bonchev–Trinajstić information content (AvgIpc) is 2.72. The van der Waals surface area contributed by atoms with E-state index in [2.05, 4.69) is 13.8 Å². The zero-order valence-corrected chi connectivity index (χ0v) is 17.8. The molecule has 1 rings (SSSR count). The fourth-order valence-electron chi connectivity index (χ4n) is 3.09. The third-order valence-electron chi connectivity index (χ3n) is 4.83. The number of esters is 2. The minimum absolute atomic E-state index is 0. The van der Waals surface area contributed by atoms with Gasteiger partial charge in [-0.15, -0.1) is 0 Å². The van der Waals surface area contributed by atoms with Gasteiger partial charge in [-0.2, -0.15) is 0 Å². The number of hydrogen-bond donors (Lipinski definition) is 0. The standard InChI is InChI=1S/C24H38O4.3Na.3H/c1-3-5-7-9-11-15-19-27-23(25)21-17-13-14-18-22(21)24(26)28-20-16-12-10-8-6-4-2;;;;;;/h13-14,17-18H,3-12,15-16,19-20H2,1-2H3;;;;;;. The van der Waals surface area contributed by atoms with Crippen molar-refractivity contribution >= 4 is 101 Å². The molecular formula is C24H41Na3O4. The normalized spacial score (nSPS) is 9.61. The second-order valence-electron chi connectivity index (χ2n) is 7.35. The van der Waals surface area contributed by atoms with Crippen LogP contribution in [0.2, 0.25) is 0 Å². The van der Waals surface area contributed by atoms with Crippen molar-refractivity contribution < 1.29 is 19.1 Å². The van der Waals surface area contributed by atoms with Crippen LogP contribution in [0.15, 0.2) is 24.3 Å². The van der Waals surface area contributed by atoms with Crippen LogP contribution in [0.5, 0.6) is 0 Å². The molecule has 7 heteroatoms. The van der Waals surface area contributed by atoms with Crippen molar-refractivity contribution in [3.8, 4) is 0 Å². The molecule has 4 nitrogen and oxygen atoms in total. The van der Waals surface area contributed by atoms with Crippen LogP contribution in [-0.4, -0.2) is 114 Å². The molecule has 1 aromatic carbocycles. The van der Waals surface area contributed by atoms with Gasteiger partial charge in [0.25, 0.3) is 0 Å². The van der Waals surface area contributed by atoms with Gasteiger partial charge in [0.2, 0.25) is 0 Å². The molecule has 0 aliphatic heterocycles. The predicted octanol–water partition coefficient (Wildman–Crippen LogP) is 4.78. The zero-order valence-electron chi connectivity index (χ0n) is 17.8. The quantitative estimate of drug-likeness (QED) is 0.202. The van der Waals surface area contributed by atoms with E-state index < -0.39 is 11.9 Å². The van der Waals surface area contributed by atoms with Gasteiger partial charge >= 0.3 is 101 Å². The Morgan fingerprint density at radius 2 is 0.903 bits per heavy atom. The number of benzene rings is 1. The van der Waals surface area contributed by atoms with Gasteiger partial charge in [0.1, 0.15) is 0 Å². The van der Waals surface area contributed by atoms with E-state index in [4.69, 9.17) is 9.47 Å². The molecule has 0 fully saturated rings. The van der Waals surface area contributed by atoms with Gasteiger partial charge in [-0.3, -0.25) is 0 Å². The van der Waals surface area contributed by atoms with Crippen molar-refractivity contribution in [2.45, 2.75) is 90.9 Å². The molecule has 0 radical (unpaired) electrons. The van der Waals surface area contributed by atoms with Crippen LogP contribution in [0.4, 0.5) is 0 Å². The molecule has 0 aliphatic carbocycles. The fraction of sp³-hybridized carbons (Fsp3) is 0.667. The van der Waals surface area contributed by atoms with E-state index in [0.717, 1.165) is 25.7 Å². The van der Waals surface area contributed by atoms with E-state index in [1.807, 2.05) is 0 Å². The summed E-state index contributed by atoms with van der Waals surface area (Å²) in [6.07, 6.45) is 13.6. The van der Waals surface area contributed by atoms with Crippen LogP contribution in [0, 0.1) is 0 Å². The summed E-state index contributed by atoms with van der Waals surface area (Å²) in [5, 5.41) is 0. The summed E-state index contributed by atoms with van der Waals surface area (Å²) in [6, 6.07) is 6.74. The van der Waals surface area contributed by atoms with E-state index in [9.17, 15) is 9.59 Å². The van der Waals surface area contributed by atoms with Crippen LogP contribution in [0.25, 0.3) is 0 Å². The third-order valence-corrected chi connectivity index (χ3v) is 4.83. The average molecular weight is 463 g/mol. The van der Waals surface area contributed by atoms with Crippen molar-refractivity contribution in [2.24, 2.45) is 0 Å². The molecule has 0 aliphatic rings. The first-order valence-corrected chi connectivity index (χ1v) is 11.1. The summed E-state index contributed by atoms with van der Waals surface area (Å²) in [7, 11) is 0. The Labute approximate surface area is 256 Å². The molecule has 31 heavy (non-hydrogen) atoms.